The second kappa shape index (κ2) is 7.20. The molecule has 0 spiro atoms. The van der Waals surface area contributed by atoms with E-state index < -0.39 is 0 Å². The van der Waals surface area contributed by atoms with Gasteiger partial charge in [0.1, 0.15) is 0 Å². The van der Waals surface area contributed by atoms with Crippen LogP contribution in [0.3, 0.4) is 0 Å². The van der Waals surface area contributed by atoms with Gasteiger partial charge in [0.05, 0.1) is 6.61 Å². The molecule has 1 heterocycles. The van der Waals surface area contributed by atoms with Gasteiger partial charge < -0.3 is 10.1 Å². The molecule has 2 unspecified atom stereocenters. The molecule has 3 nitrogen and oxygen atoms in total. The average Bonchev–Trinajstić information content (AvgIpc) is 2.46. The molecule has 90 valence electrons. The van der Waals surface area contributed by atoms with Gasteiger partial charge in [0.25, 0.3) is 0 Å². The van der Waals surface area contributed by atoms with Crippen LogP contribution in [0.1, 0.15) is 32.6 Å². The monoisotopic (exact) mass is 214 g/mol. The molecule has 1 N–H and O–H groups in total. The van der Waals surface area contributed by atoms with Crippen LogP contribution < -0.4 is 5.32 Å². The first kappa shape index (κ1) is 12.9. The number of methoxy groups -OCH3 is 1. The Balaban J connectivity index is 2.25. The summed E-state index contributed by atoms with van der Waals surface area (Å²) in [5, 5.41) is 3.63. The van der Waals surface area contributed by atoms with Gasteiger partial charge in [0.15, 0.2) is 0 Å². The highest BCUT2D eigenvalue weighted by atomic mass is 16.5. The van der Waals surface area contributed by atoms with Crippen LogP contribution in [0.25, 0.3) is 0 Å². The molecule has 0 amide bonds. The fourth-order valence-electron chi connectivity index (χ4n) is 2.15. The van der Waals surface area contributed by atoms with E-state index in [1.165, 1.54) is 32.2 Å². The third-order valence-corrected chi connectivity index (χ3v) is 3.33. The average molecular weight is 214 g/mol. The largest absolute Gasteiger partial charge is 0.383 e. The molecule has 1 rings (SSSR count). The van der Waals surface area contributed by atoms with Crippen LogP contribution in [0.5, 0.6) is 0 Å². The van der Waals surface area contributed by atoms with Crippen molar-refractivity contribution in [2.75, 3.05) is 33.9 Å². The molecule has 15 heavy (non-hydrogen) atoms. The van der Waals surface area contributed by atoms with Gasteiger partial charge in [-0.15, -0.1) is 0 Å². The van der Waals surface area contributed by atoms with Crippen molar-refractivity contribution < 1.29 is 4.74 Å². The zero-order valence-corrected chi connectivity index (χ0v) is 10.5. The van der Waals surface area contributed by atoms with Crippen molar-refractivity contribution in [3.8, 4) is 0 Å². The lowest BCUT2D eigenvalue weighted by molar-refractivity contribution is 0.109. The van der Waals surface area contributed by atoms with Gasteiger partial charge in [-0.3, -0.25) is 4.90 Å². The summed E-state index contributed by atoms with van der Waals surface area (Å²) in [5.74, 6) is 0. The van der Waals surface area contributed by atoms with Crippen molar-refractivity contribution in [2.24, 2.45) is 0 Å². The second-order valence-corrected chi connectivity index (χ2v) is 4.74. The van der Waals surface area contributed by atoms with Gasteiger partial charge in [-0.05, 0) is 33.4 Å². The first-order valence-electron chi connectivity index (χ1n) is 6.16. The second-order valence-electron chi connectivity index (χ2n) is 4.74. The Labute approximate surface area is 94.2 Å². The molecule has 0 saturated carbocycles. The number of hydrogen-bond donors (Lipinski definition) is 1. The quantitative estimate of drug-likeness (QED) is 0.750. The predicted octanol–water partition coefficient (Wildman–Crippen LogP) is 1.49. The molecule has 0 radical (unpaired) electrons. The highest BCUT2D eigenvalue weighted by Crippen LogP contribution is 2.10. The lowest BCUT2D eigenvalue weighted by atomic mass is 10.1. The van der Waals surface area contributed by atoms with Crippen molar-refractivity contribution in [1.29, 1.82) is 0 Å². The Hall–Kier alpha value is -0.120. The van der Waals surface area contributed by atoms with Crippen molar-refractivity contribution in [3.05, 3.63) is 0 Å². The van der Waals surface area contributed by atoms with Gasteiger partial charge >= 0.3 is 0 Å². The van der Waals surface area contributed by atoms with E-state index in [9.17, 15) is 0 Å². The summed E-state index contributed by atoms with van der Waals surface area (Å²) in [6.45, 7) is 5.38. The minimum Gasteiger partial charge on any atom is -0.383 e. The standard InChI is InChI=1S/C12H26N2O/c1-11(10-15-3)14(2)9-12-7-5-4-6-8-13-12/h11-13H,4-10H2,1-3H3. The normalized spacial score (nSPS) is 25.2. The van der Waals surface area contributed by atoms with Crippen LogP contribution in [0.4, 0.5) is 0 Å². The minimum atomic E-state index is 0.514. The highest BCUT2D eigenvalue weighted by molar-refractivity contribution is 4.75. The van der Waals surface area contributed by atoms with E-state index >= 15 is 0 Å². The number of hydrogen-bond acceptors (Lipinski definition) is 3. The predicted molar refractivity (Wildman–Crippen MR) is 64.2 cm³/mol. The van der Waals surface area contributed by atoms with Crippen LogP contribution in [0.2, 0.25) is 0 Å². The van der Waals surface area contributed by atoms with Gasteiger partial charge in [-0.2, -0.15) is 0 Å². The van der Waals surface area contributed by atoms with Crippen LogP contribution in [0, 0.1) is 0 Å². The van der Waals surface area contributed by atoms with Crippen LogP contribution in [0.15, 0.2) is 0 Å². The first-order valence-corrected chi connectivity index (χ1v) is 6.16. The molecule has 0 aromatic carbocycles. The molecule has 0 bridgehead atoms. The SMILES string of the molecule is COCC(C)N(C)CC1CCCCCN1. The number of ether oxygens (including phenoxy) is 1. The minimum absolute atomic E-state index is 0.514. The summed E-state index contributed by atoms with van der Waals surface area (Å²) < 4.78 is 5.18. The summed E-state index contributed by atoms with van der Waals surface area (Å²) >= 11 is 0. The molecular formula is C12H26N2O. The molecule has 2 atom stereocenters. The molecular weight excluding hydrogens is 188 g/mol. The number of nitrogens with zero attached hydrogens (tertiary/aromatic N) is 1. The third kappa shape index (κ3) is 4.96. The zero-order chi connectivity index (χ0) is 11.1. The maximum Gasteiger partial charge on any atom is 0.0615 e. The fraction of sp³-hybridized carbons (Fsp3) is 1.00. The van der Waals surface area contributed by atoms with Crippen LogP contribution >= 0.6 is 0 Å². The summed E-state index contributed by atoms with van der Waals surface area (Å²) in [5.41, 5.74) is 0. The lowest BCUT2D eigenvalue weighted by Gasteiger charge is -2.28. The van der Waals surface area contributed by atoms with Crippen molar-refractivity contribution in [3.63, 3.8) is 0 Å². The van der Waals surface area contributed by atoms with Crippen LogP contribution in [-0.4, -0.2) is 50.8 Å². The van der Waals surface area contributed by atoms with E-state index in [1.54, 1.807) is 7.11 Å². The Bertz CT molecular complexity index is 156. The van der Waals surface area contributed by atoms with Crippen LogP contribution in [-0.2, 0) is 4.74 Å². The van der Waals surface area contributed by atoms with Gasteiger partial charge in [0, 0.05) is 25.7 Å². The molecule has 1 fully saturated rings. The van der Waals surface area contributed by atoms with Gasteiger partial charge in [-0.1, -0.05) is 12.8 Å². The molecule has 3 heteroatoms. The van der Waals surface area contributed by atoms with Gasteiger partial charge in [0.2, 0.25) is 0 Å². The Morgan fingerprint density at radius 1 is 1.40 bits per heavy atom. The summed E-state index contributed by atoms with van der Waals surface area (Å²) in [7, 11) is 3.96. The van der Waals surface area contributed by atoms with Crippen molar-refractivity contribution in [2.45, 2.75) is 44.7 Å². The highest BCUT2D eigenvalue weighted by Gasteiger charge is 2.16. The Morgan fingerprint density at radius 2 is 2.20 bits per heavy atom. The summed E-state index contributed by atoms with van der Waals surface area (Å²) in [6, 6.07) is 1.19. The Kier molecular flexibility index (Phi) is 6.22. The topological polar surface area (TPSA) is 24.5 Å². The molecule has 0 aromatic rings. The van der Waals surface area contributed by atoms with Gasteiger partial charge in [-0.25, -0.2) is 0 Å². The molecule has 0 aliphatic carbocycles. The molecule has 0 aromatic heterocycles. The zero-order valence-electron chi connectivity index (χ0n) is 10.5. The van der Waals surface area contributed by atoms with E-state index in [-0.39, 0.29) is 0 Å². The fourth-order valence-corrected chi connectivity index (χ4v) is 2.15. The maximum absolute atomic E-state index is 5.18. The Morgan fingerprint density at radius 3 is 2.93 bits per heavy atom. The number of likely N-dealkylation sites (N-methyl/N-ethyl adjacent to an activating group) is 1. The summed E-state index contributed by atoms with van der Waals surface area (Å²) in [6.07, 6.45) is 5.43. The van der Waals surface area contributed by atoms with E-state index in [1.807, 2.05) is 0 Å². The van der Waals surface area contributed by atoms with E-state index in [0.717, 1.165) is 13.2 Å². The van der Waals surface area contributed by atoms with E-state index in [2.05, 4.69) is 24.2 Å². The maximum atomic E-state index is 5.18. The van der Waals surface area contributed by atoms with Crippen molar-refractivity contribution >= 4 is 0 Å². The molecule has 1 saturated heterocycles. The number of nitrogens with one attached hydrogen (secondary N) is 1. The van der Waals surface area contributed by atoms with E-state index in [4.69, 9.17) is 4.74 Å². The third-order valence-electron chi connectivity index (χ3n) is 3.33. The first-order chi connectivity index (χ1) is 7.24. The van der Waals surface area contributed by atoms with E-state index in [0.29, 0.717) is 12.1 Å². The smallest absolute Gasteiger partial charge is 0.0615 e. The van der Waals surface area contributed by atoms with Crippen molar-refractivity contribution in [1.82, 2.24) is 10.2 Å². The molecule has 1 aliphatic rings. The number of rotatable bonds is 5. The summed E-state index contributed by atoms with van der Waals surface area (Å²) in [4.78, 5) is 2.40. The molecule has 1 aliphatic heterocycles. The lowest BCUT2D eigenvalue weighted by Crippen LogP contribution is -2.43.